The van der Waals surface area contributed by atoms with Crippen molar-refractivity contribution in [1.29, 1.82) is 0 Å². The first-order valence-corrected chi connectivity index (χ1v) is 15.6. The molecule has 12 heteroatoms. The Hall–Kier alpha value is -3.64. The van der Waals surface area contributed by atoms with Crippen LogP contribution in [0.3, 0.4) is 0 Å². The smallest absolute Gasteiger partial charge is 0.408 e. The molecule has 226 valence electrons. The Morgan fingerprint density at radius 1 is 1.02 bits per heavy atom. The van der Waals surface area contributed by atoms with Gasteiger partial charge in [-0.05, 0) is 69.2 Å². The Balaban J connectivity index is 1.37. The molecule has 1 atom stereocenters. The summed E-state index contributed by atoms with van der Waals surface area (Å²) >= 11 is 8.79. The third kappa shape index (κ3) is 10.2. The van der Waals surface area contributed by atoms with E-state index in [1.165, 1.54) is 23.1 Å². The molecule has 0 fully saturated rings. The van der Waals surface area contributed by atoms with Crippen molar-refractivity contribution in [1.82, 2.24) is 10.3 Å². The molecule has 0 unspecified atom stereocenters. The zero-order valence-electron chi connectivity index (χ0n) is 24.2. The summed E-state index contributed by atoms with van der Waals surface area (Å²) in [7, 11) is 0. The fraction of sp³-hybridized carbons (Fsp3) is 0.290. The molecule has 0 bridgehead atoms. The number of nitrogens with zero attached hydrogens (tertiary/aromatic N) is 1. The van der Waals surface area contributed by atoms with Gasteiger partial charge in [0.2, 0.25) is 11.8 Å². The van der Waals surface area contributed by atoms with Crippen LogP contribution in [0.2, 0.25) is 5.02 Å². The van der Waals surface area contributed by atoms with Crippen molar-refractivity contribution in [2.45, 2.75) is 50.3 Å². The van der Waals surface area contributed by atoms with Crippen LogP contribution in [0.25, 0.3) is 10.2 Å². The number of thiazole rings is 1. The summed E-state index contributed by atoms with van der Waals surface area (Å²) in [5.74, 6) is -0.443. The third-order valence-electron chi connectivity index (χ3n) is 5.84. The summed E-state index contributed by atoms with van der Waals surface area (Å²) in [6.07, 6.45) is -0.718. The average molecular weight is 641 g/mol. The number of rotatable bonds is 11. The van der Waals surface area contributed by atoms with Crippen LogP contribution in [-0.4, -0.2) is 46.9 Å². The van der Waals surface area contributed by atoms with Gasteiger partial charge in [0.05, 0.1) is 29.2 Å². The number of aryl methyl sites for hydroxylation is 1. The Labute approximate surface area is 263 Å². The number of halogens is 1. The number of aromatic nitrogens is 1. The maximum atomic E-state index is 13.2. The molecule has 0 saturated carbocycles. The van der Waals surface area contributed by atoms with Crippen molar-refractivity contribution in [2.24, 2.45) is 0 Å². The van der Waals surface area contributed by atoms with Crippen molar-refractivity contribution in [2.75, 3.05) is 23.0 Å². The molecule has 0 spiro atoms. The predicted molar refractivity (Wildman–Crippen MR) is 173 cm³/mol. The molecule has 3 aromatic carbocycles. The second kappa shape index (κ2) is 14.7. The minimum absolute atomic E-state index is 0.0552. The first-order valence-electron chi connectivity index (χ1n) is 13.5. The minimum Gasteiger partial charge on any atom is -0.444 e. The van der Waals surface area contributed by atoms with E-state index in [0.29, 0.717) is 16.4 Å². The Bertz CT molecular complexity index is 1590. The number of anilines is 2. The van der Waals surface area contributed by atoms with Gasteiger partial charge < -0.3 is 25.4 Å². The molecule has 3 amide bonds. The minimum atomic E-state index is -0.997. The van der Waals surface area contributed by atoms with E-state index in [1.807, 2.05) is 43.3 Å². The van der Waals surface area contributed by atoms with Crippen molar-refractivity contribution in [3.63, 3.8) is 0 Å². The van der Waals surface area contributed by atoms with E-state index in [2.05, 4.69) is 20.9 Å². The maximum absolute atomic E-state index is 13.2. The number of fused-ring (bicyclic) bond motifs is 1. The summed E-state index contributed by atoms with van der Waals surface area (Å²) in [5.41, 5.74) is 3.09. The molecule has 9 nitrogen and oxygen atoms in total. The molecule has 43 heavy (non-hydrogen) atoms. The number of alkyl carbamates (subject to hydrolysis) is 1. The van der Waals surface area contributed by atoms with Gasteiger partial charge >= 0.3 is 6.09 Å². The van der Waals surface area contributed by atoms with Crippen LogP contribution in [0.5, 0.6) is 0 Å². The lowest BCUT2D eigenvalue weighted by molar-refractivity contribution is -0.119. The Morgan fingerprint density at radius 3 is 2.53 bits per heavy atom. The zero-order valence-corrected chi connectivity index (χ0v) is 26.6. The molecular formula is C31H33ClN4O5S2. The topological polar surface area (TPSA) is 119 Å². The van der Waals surface area contributed by atoms with Gasteiger partial charge in [0, 0.05) is 16.4 Å². The van der Waals surface area contributed by atoms with E-state index in [-0.39, 0.29) is 24.9 Å². The second-order valence-corrected chi connectivity index (χ2v) is 13.3. The largest absolute Gasteiger partial charge is 0.444 e. The SMILES string of the molecule is Cc1ccc(Cl)cc1NC(=O)CSc1nc2ccc(NC(=O)[C@H](COCc3ccccc3)NC(=O)OC(C)(C)C)cc2s1. The Kier molecular flexibility index (Phi) is 11.0. The lowest BCUT2D eigenvalue weighted by Crippen LogP contribution is -2.48. The molecule has 3 N–H and O–H groups in total. The number of amides is 3. The van der Waals surface area contributed by atoms with E-state index >= 15 is 0 Å². The number of hydrogen-bond acceptors (Lipinski definition) is 8. The maximum Gasteiger partial charge on any atom is 0.408 e. The van der Waals surface area contributed by atoms with Crippen molar-refractivity contribution in [3.8, 4) is 0 Å². The highest BCUT2D eigenvalue weighted by Crippen LogP contribution is 2.31. The standard InChI is InChI=1S/C31H33ClN4O5S2/c1-19-10-11-21(32)14-24(19)34-27(37)18-42-30-36-23-13-12-22(15-26(23)43-30)33-28(38)25(35-29(39)41-31(2,3)4)17-40-16-20-8-6-5-7-9-20/h5-15,25H,16-18H2,1-4H3,(H,33,38)(H,34,37)(H,35,39)/t25-/m0/s1. The van der Waals surface area contributed by atoms with E-state index in [9.17, 15) is 14.4 Å². The summed E-state index contributed by atoms with van der Waals surface area (Å²) in [5, 5.41) is 8.90. The first kappa shape index (κ1) is 32.3. The first-order chi connectivity index (χ1) is 20.4. The number of carbonyl (C=O) groups excluding carboxylic acids is 3. The van der Waals surface area contributed by atoms with E-state index < -0.39 is 23.6 Å². The number of thioether (sulfide) groups is 1. The summed E-state index contributed by atoms with van der Waals surface area (Å²) in [4.78, 5) is 42.8. The fourth-order valence-electron chi connectivity index (χ4n) is 3.82. The van der Waals surface area contributed by atoms with Gasteiger partial charge in [0.25, 0.3) is 0 Å². The summed E-state index contributed by atoms with van der Waals surface area (Å²) in [6, 6.07) is 19.2. The van der Waals surface area contributed by atoms with Crippen LogP contribution in [0.15, 0.2) is 71.1 Å². The van der Waals surface area contributed by atoms with Crippen LogP contribution in [0.4, 0.5) is 16.2 Å². The van der Waals surface area contributed by atoms with Crippen LogP contribution < -0.4 is 16.0 Å². The highest BCUT2D eigenvalue weighted by atomic mass is 35.5. The average Bonchev–Trinajstić information content (AvgIpc) is 3.35. The van der Waals surface area contributed by atoms with Crippen LogP contribution in [0.1, 0.15) is 31.9 Å². The van der Waals surface area contributed by atoms with E-state index in [1.54, 1.807) is 51.1 Å². The Morgan fingerprint density at radius 2 is 1.79 bits per heavy atom. The fourth-order valence-corrected chi connectivity index (χ4v) is 5.90. The molecule has 0 aliphatic rings. The molecule has 0 aliphatic carbocycles. The number of benzene rings is 3. The van der Waals surface area contributed by atoms with Gasteiger partial charge in [-0.15, -0.1) is 11.3 Å². The van der Waals surface area contributed by atoms with Crippen LogP contribution in [-0.2, 0) is 25.7 Å². The second-order valence-electron chi connectivity index (χ2n) is 10.6. The predicted octanol–water partition coefficient (Wildman–Crippen LogP) is 7.04. The number of hydrogen-bond donors (Lipinski definition) is 3. The van der Waals surface area contributed by atoms with Crippen molar-refractivity contribution < 1.29 is 23.9 Å². The molecular weight excluding hydrogens is 608 g/mol. The van der Waals surface area contributed by atoms with Crippen molar-refractivity contribution in [3.05, 3.63) is 82.9 Å². The molecule has 1 aromatic heterocycles. The van der Waals surface area contributed by atoms with Gasteiger partial charge in [-0.25, -0.2) is 9.78 Å². The lowest BCUT2D eigenvalue weighted by Gasteiger charge is -2.23. The van der Waals surface area contributed by atoms with E-state index in [4.69, 9.17) is 21.1 Å². The molecule has 4 aromatic rings. The summed E-state index contributed by atoms with van der Waals surface area (Å²) in [6.45, 7) is 7.37. The number of ether oxygens (including phenoxy) is 2. The molecule has 4 rings (SSSR count). The van der Waals surface area contributed by atoms with Gasteiger partial charge in [-0.3, -0.25) is 9.59 Å². The van der Waals surface area contributed by atoms with E-state index in [0.717, 1.165) is 25.7 Å². The molecule has 0 aliphatic heterocycles. The normalized spacial score (nSPS) is 12.0. The highest BCUT2D eigenvalue weighted by molar-refractivity contribution is 8.01. The van der Waals surface area contributed by atoms with Gasteiger partial charge in [-0.2, -0.15) is 0 Å². The van der Waals surface area contributed by atoms with Gasteiger partial charge in [-0.1, -0.05) is 59.8 Å². The summed E-state index contributed by atoms with van der Waals surface area (Å²) < 4.78 is 12.7. The lowest BCUT2D eigenvalue weighted by atomic mass is 10.2. The van der Waals surface area contributed by atoms with Crippen LogP contribution in [0, 0.1) is 6.92 Å². The molecule has 0 saturated heterocycles. The van der Waals surface area contributed by atoms with Crippen LogP contribution >= 0.6 is 34.7 Å². The monoisotopic (exact) mass is 640 g/mol. The van der Waals surface area contributed by atoms with Gasteiger partial charge in [0.1, 0.15) is 11.6 Å². The molecule has 1 heterocycles. The number of carbonyl (C=O) groups is 3. The van der Waals surface area contributed by atoms with Gasteiger partial charge in [0.15, 0.2) is 4.34 Å². The number of nitrogens with one attached hydrogen (secondary N) is 3. The molecule has 0 radical (unpaired) electrons. The third-order valence-corrected chi connectivity index (χ3v) is 8.24. The van der Waals surface area contributed by atoms with Crippen molar-refractivity contribution >= 4 is 74.2 Å². The quantitative estimate of drug-likeness (QED) is 0.151. The zero-order chi connectivity index (χ0) is 31.0. The highest BCUT2D eigenvalue weighted by Gasteiger charge is 2.25.